The van der Waals surface area contributed by atoms with Crippen LogP contribution in [0.5, 0.6) is 0 Å². The minimum Gasteiger partial charge on any atom is -0.392 e. The van der Waals surface area contributed by atoms with E-state index in [9.17, 15) is 10.2 Å². The molecule has 0 radical (unpaired) electrons. The van der Waals surface area contributed by atoms with Gasteiger partial charge in [0, 0.05) is 0 Å². The van der Waals surface area contributed by atoms with Crippen LogP contribution in [0, 0.1) is 0 Å². The smallest absolute Gasteiger partial charge is 0.0684 e. The van der Waals surface area contributed by atoms with Crippen molar-refractivity contribution in [2.24, 2.45) is 0 Å². The lowest BCUT2D eigenvalue weighted by Gasteiger charge is -2.19. The van der Waals surface area contributed by atoms with Gasteiger partial charge in [-0.25, -0.2) is 0 Å². The predicted molar refractivity (Wildman–Crippen MR) is 66.4 cm³/mol. The van der Waals surface area contributed by atoms with Crippen molar-refractivity contribution in [3.05, 3.63) is 33.9 Å². The Balaban J connectivity index is 3.47. The molecule has 0 spiro atoms. The van der Waals surface area contributed by atoms with Crippen LogP contribution in [0.25, 0.3) is 0 Å². The van der Waals surface area contributed by atoms with Crippen molar-refractivity contribution in [3.8, 4) is 0 Å². The van der Waals surface area contributed by atoms with Crippen LogP contribution in [0.15, 0.2) is 6.07 Å². The minimum atomic E-state index is 0.0627. The van der Waals surface area contributed by atoms with Gasteiger partial charge in [-0.1, -0.05) is 26.8 Å². The lowest BCUT2D eigenvalue weighted by atomic mass is 9.88. The lowest BCUT2D eigenvalue weighted by molar-refractivity contribution is 0.273. The minimum absolute atomic E-state index is 0.0627. The van der Waals surface area contributed by atoms with Gasteiger partial charge in [0.05, 0.1) is 13.2 Å². The van der Waals surface area contributed by atoms with E-state index in [1.165, 1.54) is 16.7 Å². The van der Waals surface area contributed by atoms with Crippen molar-refractivity contribution in [1.82, 2.24) is 0 Å². The first-order valence-corrected chi connectivity index (χ1v) is 6.10. The first-order valence-electron chi connectivity index (χ1n) is 6.10. The molecular weight excluding hydrogens is 200 g/mol. The average molecular weight is 222 g/mol. The van der Waals surface area contributed by atoms with Crippen molar-refractivity contribution < 1.29 is 10.2 Å². The van der Waals surface area contributed by atoms with Gasteiger partial charge in [0.15, 0.2) is 0 Å². The van der Waals surface area contributed by atoms with Gasteiger partial charge in [-0.3, -0.25) is 0 Å². The molecule has 1 aromatic carbocycles. The topological polar surface area (TPSA) is 40.5 Å². The Morgan fingerprint density at radius 3 is 1.38 bits per heavy atom. The van der Waals surface area contributed by atoms with E-state index in [0.29, 0.717) is 0 Å². The van der Waals surface area contributed by atoms with E-state index in [1.807, 2.05) is 6.07 Å². The Labute approximate surface area is 97.9 Å². The second kappa shape index (κ2) is 6.02. The maximum atomic E-state index is 9.37. The van der Waals surface area contributed by atoms with Crippen LogP contribution in [0.3, 0.4) is 0 Å². The van der Waals surface area contributed by atoms with E-state index in [1.54, 1.807) is 0 Å². The van der Waals surface area contributed by atoms with E-state index in [4.69, 9.17) is 0 Å². The SMILES string of the molecule is CCc1c(CO)cc(CO)c(CC)c1CC. The van der Waals surface area contributed by atoms with E-state index in [0.717, 1.165) is 30.4 Å². The van der Waals surface area contributed by atoms with Crippen LogP contribution in [0.1, 0.15) is 48.6 Å². The Morgan fingerprint density at radius 2 is 1.12 bits per heavy atom. The van der Waals surface area contributed by atoms with Crippen LogP contribution in [0.2, 0.25) is 0 Å². The Morgan fingerprint density at radius 1 is 0.750 bits per heavy atom. The summed E-state index contributed by atoms with van der Waals surface area (Å²) in [5, 5.41) is 18.7. The van der Waals surface area contributed by atoms with E-state index in [-0.39, 0.29) is 13.2 Å². The Kier molecular flexibility index (Phi) is 4.97. The monoisotopic (exact) mass is 222 g/mol. The number of hydrogen-bond acceptors (Lipinski definition) is 2. The summed E-state index contributed by atoms with van der Waals surface area (Å²) in [4.78, 5) is 0. The first-order chi connectivity index (χ1) is 7.73. The highest BCUT2D eigenvalue weighted by Gasteiger charge is 2.13. The van der Waals surface area contributed by atoms with Gasteiger partial charge in [-0.05, 0) is 47.1 Å². The molecule has 0 fully saturated rings. The highest BCUT2D eigenvalue weighted by Crippen LogP contribution is 2.25. The summed E-state index contributed by atoms with van der Waals surface area (Å²) in [6.07, 6.45) is 2.85. The molecule has 0 saturated heterocycles. The zero-order chi connectivity index (χ0) is 12.1. The first kappa shape index (κ1) is 13.2. The summed E-state index contributed by atoms with van der Waals surface area (Å²) in [5.74, 6) is 0. The fourth-order valence-corrected chi connectivity index (χ4v) is 2.54. The number of benzene rings is 1. The van der Waals surface area contributed by atoms with Gasteiger partial charge in [-0.2, -0.15) is 0 Å². The fraction of sp³-hybridized carbons (Fsp3) is 0.571. The number of aliphatic hydroxyl groups excluding tert-OH is 2. The normalized spacial score (nSPS) is 10.8. The van der Waals surface area contributed by atoms with Crippen molar-refractivity contribution in [1.29, 1.82) is 0 Å². The molecule has 0 heterocycles. The zero-order valence-electron chi connectivity index (χ0n) is 10.5. The van der Waals surface area contributed by atoms with E-state index >= 15 is 0 Å². The molecule has 0 aliphatic heterocycles. The van der Waals surface area contributed by atoms with E-state index < -0.39 is 0 Å². The summed E-state index contributed by atoms with van der Waals surface area (Å²) < 4.78 is 0. The molecule has 1 aromatic rings. The molecule has 0 aliphatic rings. The van der Waals surface area contributed by atoms with Crippen LogP contribution in [-0.4, -0.2) is 10.2 Å². The maximum Gasteiger partial charge on any atom is 0.0684 e. The largest absolute Gasteiger partial charge is 0.392 e. The maximum absolute atomic E-state index is 9.37. The molecule has 0 atom stereocenters. The third-order valence-electron chi connectivity index (χ3n) is 3.25. The molecule has 0 aliphatic carbocycles. The number of hydrogen-bond donors (Lipinski definition) is 2. The molecule has 90 valence electrons. The molecule has 2 heteroatoms. The number of rotatable bonds is 5. The predicted octanol–water partition coefficient (Wildman–Crippen LogP) is 2.36. The molecule has 0 saturated carbocycles. The quantitative estimate of drug-likeness (QED) is 0.803. The third-order valence-corrected chi connectivity index (χ3v) is 3.25. The Bertz CT molecular complexity index is 326. The van der Waals surface area contributed by atoms with Crippen molar-refractivity contribution in [3.63, 3.8) is 0 Å². The molecule has 2 N–H and O–H groups in total. The molecular formula is C14H22O2. The Hall–Kier alpha value is -0.860. The molecule has 2 nitrogen and oxygen atoms in total. The zero-order valence-corrected chi connectivity index (χ0v) is 10.5. The average Bonchev–Trinajstić information content (AvgIpc) is 2.35. The summed E-state index contributed by atoms with van der Waals surface area (Å²) in [7, 11) is 0. The van der Waals surface area contributed by atoms with Crippen LogP contribution in [-0.2, 0) is 32.5 Å². The third kappa shape index (κ3) is 2.28. The second-order valence-electron chi connectivity index (χ2n) is 4.01. The second-order valence-corrected chi connectivity index (χ2v) is 4.01. The van der Waals surface area contributed by atoms with Crippen molar-refractivity contribution in [2.45, 2.75) is 53.2 Å². The summed E-state index contributed by atoms with van der Waals surface area (Å²) in [6, 6.07) is 1.96. The van der Waals surface area contributed by atoms with Crippen LogP contribution in [0.4, 0.5) is 0 Å². The van der Waals surface area contributed by atoms with Crippen molar-refractivity contribution in [2.75, 3.05) is 0 Å². The van der Waals surface area contributed by atoms with Crippen LogP contribution >= 0.6 is 0 Å². The van der Waals surface area contributed by atoms with Gasteiger partial charge >= 0.3 is 0 Å². The van der Waals surface area contributed by atoms with Gasteiger partial charge in [0.2, 0.25) is 0 Å². The molecule has 0 aromatic heterocycles. The van der Waals surface area contributed by atoms with Gasteiger partial charge < -0.3 is 10.2 Å². The van der Waals surface area contributed by atoms with Gasteiger partial charge in [0.1, 0.15) is 0 Å². The fourth-order valence-electron chi connectivity index (χ4n) is 2.54. The summed E-state index contributed by atoms with van der Waals surface area (Å²) >= 11 is 0. The molecule has 1 rings (SSSR count). The lowest BCUT2D eigenvalue weighted by Crippen LogP contribution is -2.07. The van der Waals surface area contributed by atoms with E-state index in [2.05, 4.69) is 20.8 Å². The molecule has 0 unspecified atom stereocenters. The van der Waals surface area contributed by atoms with Crippen molar-refractivity contribution >= 4 is 0 Å². The summed E-state index contributed by atoms with van der Waals surface area (Å²) in [6.45, 7) is 6.49. The number of aliphatic hydroxyl groups is 2. The summed E-state index contributed by atoms with van der Waals surface area (Å²) in [5.41, 5.74) is 5.79. The van der Waals surface area contributed by atoms with Gasteiger partial charge in [0.25, 0.3) is 0 Å². The molecule has 16 heavy (non-hydrogen) atoms. The highest BCUT2D eigenvalue weighted by atomic mass is 16.3. The van der Waals surface area contributed by atoms with Gasteiger partial charge in [-0.15, -0.1) is 0 Å². The standard InChI is InChI=1S/C14H22O2/c1-4-12-10(8-15)7-11(9-16)13(5-2)14(12)6-3/h7,15-16H,4-6,8-9H2,1-3H3. The molecule has 0 bridgehead atoms. The highest BCUT2D eigenvalue weighted by molar-refractivity contribution is 5.46. The molecule has 0 amide bonds. The van der Waals surface area contributed by atoms with Crippen LogP contribution < -0.4 is 0 Å².